The van der Waals surface area contributed by atoms with Crippen LogP contribution in [0.1, 0.15) is 213 Å². The van der Waals surface area contributed by atoms with Crippen LogP contribution in [0.25, 0.3) is 0 Å². The van der Waals surface area contributed by atoms with E-state index in [1.807, 2.05) is 30.4 Å². The van der Waals surface area contributed by atoms with Gasteiger partial charge in [0.1, 0.15) is 12.7 Å². The van der Waals surface area contributed by atoms with Crippen LogP contribution in [0.15, 0.2) is 146 Å². The minimum atomic E-state index is -4.80. The van der Waals surface area contributed by atoms with Gasteiger partial charge in [-0.3, -0.25) is 23.4 Å². The molecule has 0 aliphatic carbocycles. The fourth-order valence-corrected chi connectivity index (χ4v) is 8.12. The van der Waals surface area contributed by atoms with Crippen LogP contribution >= 0.6 is 7.82 Å². The molecular formula is C66H105O11P. The molecule has 0 aliphatic heterocycles. The molecule has 78 heavy (non-hydrogen) atoms. The van der Waals surface area contributed by atoms with Gasteiger partial charge in [-0.25, -0.2) is 4.57 Å². The lowest BCUT2D eigenvalue weighted by atomic mass is 10.1. The lowest BCUT2D eigenvalue weighted by molar-refractivity contribution is -0.161. The number of aliphatic hydroxyl groups is 1. The first-order chi connectivity index (χ1) is 38.2. The summed E-state index contributed by atoms with van der Waals surface area (Å²) < 4.78 is 39.4. The Morgan fingerprint density at radius 2 is 0.744 bits per heavy atom. The van der Waals surface area contributed by atoms with Crippen molar-refractivity contribution < 1.29 is 52.2 Å². The molecule has 0 aromatic heterocycles. The van der Waals surface area contributed by atoms with Gasteiger partial charge >= 0.3 is 25.7 Å². The van der Waals surface area contributed by atoms with Gasteiger partial charge in [0.15, 0.2) is 6.10 Å². The number of hydrogen-bond donors (Lipinski definition) is 2. The Labute approximate surface area is 473 Å². The summed E-state index contributed by atoms with van der Waals surface area (Å²) >= 11 is 0. The molecule has 440 valence electrons. The van der Waals surface area contributed by atoms with Crippen molar-refractivity contribution in [1.29, 1.82) is 0 Å². The fraction of sp³-hybridized carbons (Fsp3) is 0.591. The maximum Gasteiger partial charge on any atom is 0.472 e. The van der Waals surface area contributed by atoms with Gasteiger partial charge in [-0.15, -0.1) is 0 Å². The second-order valence-electron chi connectivity index (χ2n) is 19.1. The van der Waals surface area contributed by atoms with Crippen molar-refractivity contribution in [2.75, 3.05) is 26.4 Å². The number of hydrogen-bond acceptors (Lipinski definition) is 10. The fourth-order valence-electron chi connectivity index (χ4n) is 7.33. The summed E-state index contributed by atoms with van der Waals surface area (Å²) in [5.41, 5.74) is 0. The van der Waals surface area contributed by atoms with E-state index >= 15 is 0 Å². The lowest BCUT2D eigenvalue weighted by Crippen LogP contribution is -2.30. The number of phosphoric acid groups is 1. The van der Waals surface area contributed by atoms with Gasteiger partial charge in [0, 0.05) is 12.8 Å². The third kappa shape index (κ3) is 56.1. The summed E-state index contributed by atoms with van der Waals surface area (Å²) in [5.74, 6) is -1.72. The molecule has 12 heteroatoms. The van der Waals surface area contributed by atoms with Crippen LogP contribution in [-0.2, 0) is 42.2 Å². The Morgan fingerprint density at radius 3 is 1.18 bits per heavy atom. The van der Waals surface area contributed by atoms with Crippen molar-refractivity contribution >= 4 is 25.7 Å². The molecule has 0 heterocycles. The Kier molecular flexibility index (Phi) is 55.0. The van der Waals surface area contributed by atoms with E-state index in [-0.39, 0.29) is 19.3 Å². The molecule has 11 nitrogen and oxygen atoms in total. The summed E-state index contributed by atoms with van der Waals surface area (Å²) in [6.07, 6.45) is 75.6. The van der Waals surface area contributed by atoms with E-state index < -0.39 is 64.4 Å². The van der Waals surface area contributed by atoms with E-state index in [0.717, 1.165) is 96.3 Å². The summed E-state index contributed by atoms with van der Waals surface area (Å²) in [6.45, 7) is 4.20. The molecular weight excluding hydrogens is 1000 g/mol. The molecule has 0 aromatic rings. The number of ether oxygens (including phenoxy) is 3. The highest BCUT2D eigenvalue weighted by Gasteiger charge is 2.28. The second-order valence-corrected chi connectivity index (χ2v) is 20.5. The zero-order valence-electron chi connectivity index (χ0n) is 48.6. The van der Waals surface area contributed by atoms with E-state index in [1.165, 1.54) is 57.8 Å². The molecule has 0 bridgehead atoms. The number of allylic oxidation sites excluding steroid dienone is 23. The largest absolute Gasteiger partial charge is 0.472 e. The number of esters is 3. The van der Waals surface area contributed by atoms with Gasteiger partial charge in [-0.05, 0) is 109 Å². The predicted molar refractivity (Wildman–Crippen MR) is 325 cm³/mol. The molecule has 0 saturated heterocycles. The molecule has 0 saturated carbocycles. The van der Waals surface area contributed by atoms with Gasteiger partial charge in [0.05, 0.1) is 26.2 Å². The van der Waals surface area contributed by atoms with Crippen LogP contribution in [0.3, 0.4) is 0 Å². The van der Waals surface area contributed by atoms with Crippen LogP contribution in [-0.4, -0.2) is 66.5 Å². The zero-order chi connectivity index (χ0) is 56.9. The predicted octanol–water partition coefficient (Wildman–Crippen LogP) is 17.9. The molecule has 0 aromatic carbocycles. The van der Waals surface area contributed by atoms with E-state index in [4.69, 9.17) is 23.3 Å². The number of carbonyl (C=O) groups excluding carboxylic acids is 3. The van der Waals surface area contributed by atoms with Crippen LogP contribution in [0.5, 0.6) is 0 Å². The van der Waals surface area contributed by atoms with Crippen LogP contribution in [0, 0.1) is 0 Å². The van der Waals surface area contributed by atoms with Crippen molar-refractivity contribution in [1.82, 2.24) is 0 Å². The summed E-state index contributed by atoms with van der Waals surface area (Å²) in [5, 5.41) is 9.80. The van der Waals surface area contributed by atoms with Gasteiger partial charge in [0.25, 0.3) is 0 Å². The quantitative estimate of drug-likeness (QED) is 0.0197. The molecule has 0 fully saturated rings. The highest BCUT2D eigenvalue weighted by Crippen LogP contribution is 2.43. The van der Waals surface area contributed by atoms with Crippen molar-refractivity contribution in [2.45, 2.75) is 226 Å². The van der Waals surface area contributed by atoms with Gasteiger partial charge < -0.3 is 24.2 Å². The number of phosphoric ester groups is 1. The molecule has 3 atom stereocenters. The number of carbonyl (C=O) groups is 3. The van der Waals surface area contributed by atoms with Crippen molar-refractivity contribution in [2.24, 2.45) is 0 Å². The SMILES string of the molecule is CC/C=C\C/C=C\C/C=C\C/C=C\C/C=C\C/C=C\CCC(=O)OCC(COP(=O)(O)OCC(CO)OC(=O)C/C=C\C/C=C\C/C=C\C/C=C\C/C=C\CC)OC(=O)CCCCCCCCC/C=C\CCCCCCCC. The number of unbranched alkanes of at least 4 members (excludes halogenated alkanes) is 13. The zero-order valence-corrected chi connectivity index (χ0v) is 49.5. The Hall–Kier alpha value is -4.64. The average Bonchev–Trinajstić information content (AvgIpc) is 3.43. The maximum absolute atomic E-state index is 12.9. The maximum atomic E-state index is 12.9. The molecule has 0 radical (unpaired) electrons. The Bertz CT molecular complexity index is 1860. The number of rotatable bonds is 53. The Morgan fingerprint density at radius 1 is 0.385 bits per heavy atom. The van der Waals surface area contributed by atoms with Crippen molar-refractivity contribution in [3.8, 4) is 0 Å². The first kappa shape index (κ1) is 73.4. The molecule has 0 spiro atoms. The monoisotopic (exact) mass is 1100 g/mol. The molecule has 3 unspecified atom stereocenters. The third-order valence-electron chi connectivity index (χ3n) is 11.8. The third-order valence-corrected chi connectivity index (χ3v) is 12.7. The van der Waals surface area contributed by atoms with Crippen LogP contribution in [0.4, 0.5) is 0 Å². The van der Waals surface area contributed by atoms with E-state index in [1.54, 1.807) is 6.08 Å². The Balaban J connectivity index is 4.93. The molecule has 0 amide bonds. The molecule has 0 aliphatic rings. The second kappa shape index (κ2) is 58.5. The summed E-state index contributed by atoms with van der Waals surface area (Å²) in [4.78, 5) is 48.5. The first-order valence-electron chi connectivity index (χ1n) is 29.7. The number of aliphatic hydroxyl groups excluding tert-OH is 1. The lowest BCUT2D eigenvalue weighted by Gasteiger charge is -2.21. The molecule has 0 rings (SSSR count). The van der Waals surface area contributed by atoms with Crippen molar-refractivity contribution in [3.63, 3.8) is 0 Å². The van der Waals surface area contributed by atoms with Gasteiger partial charge in [0.2, 0.25) is 0 Å². The van der Waals surface area contributed by atoms with Crippen LogP contribution < -0.4 is 0 Å². The van der Waals surface area contributed by atoms with Gasteiger partial charge in [-0.2, -0.15) is 0 Å². The van der Waals surface area contributed by atoms with E-state index in [0.29, 0.717) is 19.3 Å². The smallest absolute Gasteiger partial charge is 0.462 e. The minimum absolute atomic E-state index is 0.0675. The average molecular weight is 1110 g/mol. The van der Waals surface area contributed by atoms with Crippen molar-refractivity contribution in [3.05, 3.63) is 146 Å². The standard InChI is InChI=1S/C66H105O11P/c1-4-7-10-13-16-19-22-25-28-30-31-33-35-37-40-43-46-49-52-55-64(68)73-59-63(77-66(70)57-54-51-48-45-42-39-36-32-29-26-23-20-17-14-11-8-5-2)61-75-78(71,72)74-60-62(58-67)76-65(69)56-53-50-47-44-41-38-34-27-24-21-18-15-12-9-6-3/h7,9-10,12,16,18-19,21,25-29,31,33-34,37,40-41,44,46,49-50,53,62-63,67H,4-6,8,11,13-15,17,20,22-24,30,32,35-36,38-39,42-43,45,47-48,51-52,54-61H2,1-3H3,(H,71,72)/b10-7-,12-9-,19-16-,21-18-,28-25-,29-26-,33-31-,34-27-,40-37-,44-41-,49-46-,53-50-. The van der Waals surface area contributed by atoms with Gasteiger partial charge in [-0.1, -0.05) is 231 Å². The highest BCUT2D eigenvalue weighted by atomic mass is 31.2. The normalized spacial score (nSPS) is 14.4. The highest BCUT2D eigenvalue weighted by molar-refractivity contribution is 7.47. The van der Waals surface area contributed by atoms with E-state index in [2.05, 4.69) is 130 Å². The van der Waals surface area contributed by atoms with Crippen LogP contribution in [0.2, 0.25) is 0 Å². The van der Waals surface area contributed by atoms with E-state index in [9.17, 15) is 28.9 Å². The minimum Gasteiger partial charge on any atom is -0.462 e. The topological polar surface area (TPSA) is 155 Å². The first-order valence-corrected chi connectivity index (χ1v) is 31.2. The molecule has 2 N–H and O–H groups in total. The summed E-state index contributed by atoms with van der Waals surface area (Å²) in [7, 11) is -4.80. The summed E-state index contributed by atoms with van der Waals surface area (Å²) in [6, 6.07) is 0.